The fourth-order valence-electron chi connectivity index (χ4n) is 2.61. The molecule has 1 aliphatic rings. The Balaban J connectivity index is 1.76. The van der Waals surface area contributed by atoms with E-state index in [2.05, 4.69) is 16.9 Å². The fraction of sp³-hybridized carbons (Fsp3) is 0.294. The van der Waals surface area contributed by atoms with Gasteiger partial charge in [-0.3, -0.25) is 4.79 Å². The van der Waals surface area contributed by atoms with Crippen molar-refractivity contribution in [2.24, 2.45) is 0 Å². The third-order valence-electron chi connectivity index (χ3n) is 3.85. The van der Waals surface area contributed by atoms with Crippen molar-refractivity contribution in [2.75, 3.05) is 13.1 Å². The number of benzene rings is 1. The largest absolute Gasteiger partial charge is 0.342 e. The number of aromatic nitrogens is 2. The molecular formula is C17H18N3O. The minimum Gasteiger partial charge on any atom is -0.342 e. The normalized spacial score (nSPS) is 16.0. The Morgan fingerprint density at radius 2 is 1.71 bits per heavy atom. The van der Waals surface area contributed by atoms with Gasteiger partial charge >= 0.3 is 0 Å². The van der Waals surface area contributed by atoms with Crippen LogP contribution in [0, 0.1) is 6.92 Å². The standard InChI is InChI=1S/C17H18N3O/c1-13(17(21)20-11-2-3-12-20)14-5-7-15(8-6-14)16-18-9-4-10-19-16/h4-10,13H,1-3,11-12H2/t13-/m1/s1. The molecule has 2 aromatic rings. The van der Waals surface area contributed by atoms with E-state index in [0.717, 1.165) is 37.1 Å². The highest BCUT2D eigenvalue weighted by molar-refractivity contribution is 5.84. The van der Waals surface area contributed by atoms with E-state index in [1.165, 1.54) is 0 Å². The van der Waals surface area contributed by atoms with Gasteiger partial charge in [-0.15, -0.1) is 0 Å². The lowest BCUT2D eigenvalue weighted by Crippen LogP contribution is -2.31. The third kappa shape index (κ3) is 2.94. The molecule has 1 saturated heterocycles. The van der Waals surface area contributed by atoms with E-state index in [0.29, 0.717) is 5.82 Å². The van der Waals surface area contributed by atoms with E-state index in [-0.39, 0.29) is 11.8 Å². The van der Waals surface area contributed by atoms with Crippen LogP contribution in [0.15, 0.2) is 42.7 Å². The van der Waals surface area contributed by atoms with E-state index in [1.54, 1.807) is 18.5 Å². The van der Waals surface area contributed by atoms with Crippen LogP contribution in [-0.4, -0.2) is 33.9 Å². The van der Waals surface area contributed by atoms with Gasteiger partial charge < -0.3 is 4.90 Å². The van der Waals surface area contributed by atoms with Crippen LogP contribution in [0.4, 0.5) is 0 Å². The number of likely N-dealkylation sites (tertiary alicyclic amines) is 1. The van der Waals surface area contributed by atoms with Gasteiger partial charge in [0.15, 0.2) is 5.82 Å². The van der Waals surface area contributed by atoms with Crippen molar-refractivity contribution in [1.82, 2.24) is 14.9 Å². The lowest BCUT2D eigenvalue weighted by Gasteiger charge is -2.20. The summed E-state index contributed by atoms with van der Waals surface area (Å²) in [5.74, 6) is 0.473. The van der Waals surface area contributed by atoms with E-state index >= 15 is 0 Å². The highest BCUT2D eigenvalue weighted by Gasteiger charge is 2.24. The molecule has 3 rings (SSSR count). The summed E-state index contributed by atoms with van der Waals surface area (Å²) in [5.41, 5.74) is 1.88. The Kier molecular flexibility index (Phi) is 3.95. The summed E-state index contributed by atoms with van der Waals surface area (Å²) in [7, 11) is 0. The molecule has 0 spiro atoms. The molecule has 0 unspecified atom stereocenters. The minimum atomic E-state index is -0.339. The lowest BCUT2D eigenvalue weighted by molar-refractivity contribution is -0.130. The molecule has 1 amide bonds. The van der Waals surface area contributed by atoms with Gasteiger partial charge in [0.2, 0.25) is 5.91 Å². The summed E-state index contributed by atoms with van der Waals surface area (Å²) in [4.78, 5) is 22.7. The SMILES string of the molecule is [CH2][C@@H](C(=O)N1CCCC1)c1ccc(-c2ncccn2)cc1. The fourth-order valence-corrected chi connectivity index (χ4v) is 2.61. The number of amides is 1. The predicted molar refractivity (Wildman–Crippen MR) is 81.4 cm³/mol. The van der Waals surface area contributed by atoms with Crippen LogP contribution in [0.3, 0.4) is 0 Å². The molecule has 4 heteroatoms. The maximum Gasteiger partial charge on any atom is 0.230 e. The predicted octanol–water partition coefficient (Wildman–Crippen LogP) is 2.68. The van der Waals surface area contributed by atoms with Gasteiger partial charge in [-0.05, 0) is 31.4 Å². The van der Waals surface area contributed by atoms with Gasteiger partial charge in [0.05, 0.1) is 5.92 Å². The zero-order chi connectivity index (χ0) is 14.7. The number of hydrogen-bond acceptors (Lipinski definition) is 3. The Bertz CT molecular complexity index is 604. The van der Waals surface area contributed by atoms with Crippen molar-refractivity contribution < 1.29 is 4.79 Å². The number of carbonyl (C=O) groups is 1. The maximum absolute atomic E-state index is 12.3. The smallest absolute Gasteiger partial charge is 0.230 e. The molecule has 1 aliphatic heterocycles. The van der Waals surface area contributed by atoms with Crippen molar-refractivity contribution in [1.29, 1.82) is 0 Å². The molecule has 1 aromatic carbocycles. The molecule has 2 heterocycles. The molecule has 0 aliphatic carbocycles. The van der Waals surface area contributed by atoms with Gasteiger partial charge in [0.1, 0.15) is 0 Å². The van der Waals surface area contributed by atoms with Crippen LogP contribution >= 0.6 is 0 Å². The molecule has 107 valence electrons. The van der Waals surface area contributed by atoms with Gasteiger partial charge in [-0.25, -0.2) is 9.97 Å². The topological polar surface area (TPSA) is 46.1 Å². The molecule has 4 nitrogen and oxygen atoms in total. The summed E-state index contributed by atoms with van der Waals surface area (Å²) < 4.78 is 0. The zero-order valence-electron chi connectivity index (χ0n) is 11.9. The molecule has 0 N–H and O–H groups in total. The van der Waals surface area contributed by atoms with E-state index in [1.807, 2.05) is 29.2 Å². The van der Waals surface area contributed by atoms with Crippen molar-refractivity contribution in [2.45, 2.75) is 18.8 Å². The lowest BCUT2D eigenvalue weighted by atomic mass is 9.98. The molecule has 21 heavy (non-hydrogen) atoms. The first kappa shape index (κ1) is 13.7. The van der Waals surface area contributed by atoms with E-state index in [9.17, 15) is 4.79 Å². The Hall–Kier alpha value is -2.23. The Morgan fingerprint density at radius 3 is 2.33 bits per heavy atom. The molecule has 1 aromatic heterocycles. The molecule has 0 saturated carbocycles. The van der Waals surface area contributed by atoms with Crippen LogP contribution in [0.2, 0.25) is 0 Å². The average Bonchev–Trinajstić information content (AvgIpc) is 3.09. The van der Waals surface area contributed by atoms with E-state index < -0.39 is 0 Å². The molecular weight excluding hydrogens is 262 g/mol. The summed E-state index contributed by atoms with van der Waals surface area (Å²) in [5, 5.41) is 0. The van der Waals surface area contributed by atoms with Gasteiger partial charge in [-0.1, -0.05) is 24.3 Å². The third-order valence-corrected chi connectivity index (χ3v) is 3.85. The second-order valence-corrected chi connectivity index (χ2v) is 5.28. The van der Waals surface area contributed by atoms with Crippen molar-refractivity contribution in [3.63, 3.8) is 0 Å². The summed E-state index contributed by atoms with van der Waals surface area (Å²) >= 11 is 0. The zero-order valence-corrected chi connectivity index (χ0v) is 11.9. The Labute approximate surface area is 124 Å². The van der Waals surface area contributed by atoms with Crippen LogP contribution in [0.5, 0.6) is 0 Å². The highest BCUT2D eigenvalue weighted by atomic mass is 16.2. The summed E-state index contributed by atoms with van der Waals surface area (Å²) in [6.45, 7) is 5.76. The van der Waals surface area contributed by atoms with Crippen LogP contribution in [0.25, 0.3) is 11.4 Å². The molecule has 0 bridgehead atoms. The first-order valence-electron chi connectivity index (χ1n) is 7.25. The summed E-state index contributed by atoms with van der Waals surface area (Å²) in [6, 6.07) is 9.56. The van der Waals surface area contributed by atoms with Crippen LogP contribution in [0.1, 0.15) is 24.3 Å². The van der Waals surface area contributed by atoms with Gasteiger partial charge in [0.25, 0.3) is 0 Å². The second-order valence-electron chi connectivity index (χ2n) is 5.28. The summed E-state index contributed by atoms with van der Waals surface area (Å²) in [6.07, 6.45) is 5.64. The molecule has 1 radical (unpaired) electrons. The van der Waals surface area contributed by atoms with Crippen molar-refractivity contribution in [3.05, 3.63) is 55.2 Å². The second kappa shape index (κ2) is 6.04. The number of rotatable bonds is 3. The number of carbonyl (C=O) groups excluding carboxylic acids is 1. The Morgan fingerprint density at radius 1 is 1.10 bits per heavy atom. The molecule has 1 atom stereocenters. The van der Waals surface area contributed by atoms with Crippen LogP contribution in [-0.2, 0) is 4.79 Å². The van der Waals surface area contributed by atoms with Gasteiger partial charge in [0, 0.05) is 31.0 Å². The highest BCUT2D eigenvalue weighted by Crippen LogP contribution is 2.23. The van der Waals surface area contributed by atoms with E-state index in [4.69, 9.17) is 0 Å². The maximum atomic E-state index is 12.3. The first-order valence-corrected chi connectivity index (χ1v) is 7.25. The van der Waals surface area contributed by atoms with Crippen molar-refractivity contribution in [3.8, 4) is 11.4 Å². The van der Waals surface area contributed by atoms with Crippen molar-refractivity contribution >= 4 is 5.91 Å². The first-order chi connectivity index (χ1) is 10.3. The monoisotopic (exact) mass is 280 g/mol. The average molecular weight is 280 g/mol. The number of nitrogens with zero attached hydrogens (tertiary/aromatic N) is 3. The minimum absolute atomic E-state index is 0.121. The van der Waals surface area contributed by atoms with Gasteiger partial charge in [-0.2, -0.15) is 0 Å². The quantitative estimate of drug-likeness (QED) is 0.868. The molecule has 1 fully saturated rings. The number of hydrogen-bond donors (Lipinski definition) is 0. The van der Waals surface area contributed by atoms with Crippen LogP contribution < -0.4 is 0 Å².